The molecule has 40 heavy (non-hydrogen) atoms. The highest BCUT2D eigenvalue weighted by Gasteiger charge is 2.42. The summed E-state index contributed by atoms with van der Waals surface area (Å²) in [6.07, 6.45) is -0.447. The minimum Gasteiger partial charge on any atom is -0.497 e. The molecule has 5 rings (SSSR count). The Labute approximate surface area is 232 Å². The zero-order chi connectivity index (χ0) is 28.3. The second-order valence-corrected chi connectivity index (χ2v) is 9.75. The fraction of sp³-hybridized carbons (Fsp3) is 0.290. The lowest BCUT2D eigenvalue weighted by Gasteiger charge is -2.37. The molecule has 3 unspecified atom stereocenters. The molecule has 3 N–H and O–H groups in total. The van der Waals surface area contributed by atoms with Crippen LogP contribution in [0.15, 0.2) is 89.9 Å². The van der Waals surface area contributed by atoms with Crippen molar-refractivity contribution in [2.75, 3.05) is 26.6 Å². The van der Waals surface area contributed by atoms with Crippen LogP contribution >= 0.6 is 0 Å². The van der Waals surface area contributed by atoms with Crippen molar-refractivity contribution < 1.29 is 24.1 Å². The van der Waals surface area contributed by atoms with E-state index in [0.717, 1.165) is 28.2 Å². The zero-order valence-corrected chi connectivity index (χ0v) is 22.7. The molecule has 9 nitrogen and oxygen atoms in total. The molecule has 208 valence electrons. The number of anilines is 1. The summed E-state index contributed by atoms with van der Waals surface area (Å²) in [7, 11) is 3.25. The molecule has 0 amide bonds. The Morgan fingerprint density at radius 1 is 0.950 bits per heavy atom. The van der Waals surface area contributed by atoms with Gasteiger partial charge in [-0.15, -0.1) is 0 Å². The number of aliphatic hydroxyl groups is 1. The Morgan fingerprint density at radius 2 is 1.50 bits per heavy atom. The van der Waals surface area contributed by atoms with Crippen LogP contribution in [0.4, 0.5) is 5.82 Å². The topological polar surface area (TPSA) is 118 Å². The van der Waals surface area contributed by atoms with Crippen molar-refractivity contribution in [3.05, 3.63) is 118 Å². The largest absolute Gasteiger partial charge is 0.497 e. The maximum absolute atomic E-state index is 12.5. The lowest BCUT2D eigenvalue weighted by molar-refractivity contribution is -0.0944. The number of nitrogen functional groups attached to an aromatic ring is 1. The van der Waals surface area contributed by atoms with Crippen molar-refractivity contribution in [3.8, 4) is 11.5 Å². The van der Waals surface area contributed by atoms with Crippen LogP contribution in [0.3, 0.4) is 0 Å². The highest BCUT2D eigenvalue weighted by atomic mass is 16.6. The van der Waals surface area contributed by atoms with Crippen LogP contribution in [-0.2, 0) is 15.1 Å². The van der Waals surface area contributed by atoms with Crippen LogP contribution in [0.1, 0.15) is 34.9 Å². The van der Waals surface area contributed by atoms with Gasteiger partial charge >= 0.3 is 5.69 Å². The molecule has 3 atom stereocenters. The molecule has 1 aliphatic rings. The Hall–Kier alpha value is -4.18. The molecule has 1 aromatic heterocycles. The number of hydrogen-bond donors (Lipinski definition) is 2. The number of rotatable bonds is 9. The number of methoxy groups -OCH3 is 2. The number of benzene rings is 3. The van der Waals surface area contributed by atoms with E-state index in [1.165, 1.54) is 4.57 Å². The lowest BCUT2D eigenvalue weighted by atomic mass is 9.80. The van der Waals surface area contributed by atoms with E-state index < -0.39 is 29.7 Å². The third-order valence-electron chi connectivity index (χ3n) is 7.33. The van der Waals surface area contributed by atoms with E-state index in [1.54, 1.807) is 27.3 Å². The van der Waals surface area contributed by atoms with Crippen LogP contribution in [0.25, 0.3) is 0 Å². The number of nitrogens with two attached hydrogens (primary N) is 1. The maximum atomic E-state index is 12.5. The summed E-state index contributed by atoms with van der Waals surface area (Å²) in [5.74, 6) is 1.61. The van der Waals surface area contributed by atoms with Crippen molar-refractivity contribution in [1.82, 2.24) is 9.55 Å². The average Bonchev–Trinajstić information content (AvgIpc) is 3.36. The van der Waals surface area contributed by atoms with Crippen molar-refractivity contribution in [1.29, 1.82) is 0 Å². The van der Waals surface area contributed by atoms with Gasteiger partial charge in [-0.1, -0.05) is 54.6 Å². The van der Waals surface area contributed by atoms with Gasteiger partial charge in [0.25, 0.3) is 0 Å². The van der Waals surface area contributed by atoms with E-state index in [4.69, 9.17) is 24.7 Å². The van der Waals surface area contributed by atoms with Gasteiger partial charge in [0, 0.05) is 18.2 Å². The Bertz CT molecular complexity index is 1440. The summed E-state index contributed by atoms with van der Waals surface area (Å²) < 4.78 is 25.2. The molecular weight excluding hydrogens is 510 g/mol. The molecule has 1 saturated heterocycles. The van der Waals surface area contributed by atoms with Crippen LogP contribution in [0.5, 0.6) is 11.5 Å². The fourth-order valence-electron chi connectivity index (χ4n) is 5.10. The van der Waals surface area contributed by atoms with E-state index >= 15 is 0 Å². The van der Waals surface area contributed by atoms with E-state index in [1.807, 2.05) is 78.9 Å². The Kier molecular flexibility index (Phi) is 7.88. The van der Waals surface area contributed by atoms with Crippen LogP contribution < -0.4 is 20.9 Å². The third-order valence-corrected chi connectivity index (χ3v) is 7.33. The lowest BCUT2D eigenvalue weighted by Crippen LogP contribution is -2.38. The standard InChI is InChI=1S/C31H33N3O6/c1-20-18-34(30(36)33-29(20)32)28-17-26(35)27(40-28)19-39-31(21-7-5-4-6-8-21,22-9-13-24(37-2)14-10-22)23-11-15-25(38-3)16-12-23/h4-16,18,26-28,35H,17,19H2,1-3H3,(H2,32,33,36). The van der Waals surface area contributed by atoms with Gasteiger partial charge in [0.1, 0.15) is 35.2 Å². The SMILES string of the molecule is COc1ccc(C(OCC2OC(n3cc(C)c(N)nc3=O)CC2O)(c2ccccc2)c2ccc(OC)cc2)cc1. The predicted molar refractivity (Wildman–Crippen MR) is 150 cm³/mol. The molecule has 0 spiro atoms. The fourth-order valence-corrected chi connectivity index (χ4v) is 5.10. The maximum Gasteiger partial charge on any atom is 0.351 e. The first-order valence-electron chi connectivity index (χ1n) is 13.0. The second kappa shape index (κ2) is 11.5. The van der Waals surface area contributed by atoms with Crippen molar-refractivity contribution in [2.24, 2.45) is 0 Å². The van der Waals surface area contributed by atoms with Gasteiger partial charge in [0.05, 0.1) is 26.9 Å². The first-order chi connectivity index (χ1) is 19.3. The van der Waals surface area contributed by atoms with Crippen molar-refractivity contribution in [3.63, 3.8) is 0 Å². The van der Waals surface area contributed by atoms with E-state index in [-0.39, 0.29) is 18.8 Å². The highest BCUT2D eigenvalue weighted by molar-refractivity contribution is 5.49. The summed E-state index contributed by atoms with van der Waals surface area (Å²) in [6.45, 7) is 1.81. The number of aryl methyl sites for hydroxylation is 1. The molecule has 3 aromatic carbocycles. The molecule has 2 heterocycles. The van der Waals surface area contributed by atoms with Gasteiger partial charge < -0.3 is 29.8 Å². The van der Waals surface area contributed by atoms with Gasteiger partial charge in [0.15, 0.2) is 0 Å². The predicted octanol–water partition coefficient (Wildman–Crippen LogP) is 3.81. The summed E-state index contributed by atoms with van der Waals surface area (Å²) >= 11 is 0. The van der Waals surface area contributed by atoms with Crippen LogP contribution in [0, 0.1) is 6.92 Å². The number of ether oxygens (including phenoxy) is 4. The quantitative estimate of drug-likeness (QED) is 0.306. The number of aromatic nitrogens is 2. The number of hydrogen-bond acceptors (Lipinski definition) is 8. The molecular formula is C31H33N3O6. The minimum absolute atomic E-state index is 0.0424. The van der Waals surface area contributed by atoms with Crippen molar-refractivity contribution in [2.45, 2.75) is 37.4 Å². The Morgan fingerprint density at radius 3 is 2.05 bits per heavy atom. The van der Waals surface area contributed by atoms with E-state index in [9.17, 15) is 9.90 Å². The number of aliphatic hydroxyl groups excluding tert-OH is 1. The van der Waals surface area contributed by atoms with Gasteiger partial charge in [0.2, 0.25) is 0 Å². The number of nitrogens with zero attached hydrogens (tertiary/aromatic N) is 2. The molecule has 0 aliphatic carbocycles. The zero-order valence-electron chi connectivity index (χ0n) is 22.7. The Balaban J connectivity index is 1.53. The molecule has 4 aromatic rings. The van der Waals surface area contributed by atoms with Gasteiger partial charge in [-0.25, -0.2) is 4.79 Å². The first-order valence-corrected chi connectivity index (χ1v) is 13.0. The molecule has 0 saturated carbocycles. The van der Waals surface area contributed by atoms with Gasteiger partial charge in [-0.3, -0.25) is 4.57 Å². The van der Waals surface area contributed by atoms with E-state index in [2.05, 4.69) is 4.98 Å². The minimum atomic E-state index is -1.06. The molecule has 0 radical (unpaired) electrons. The summed E-state index contributed by atoms with van der Waals surface area (Å²) in [5.41, 5.74) is 7.47. The molecule has 0 bridgehead atoms. The van der Waals surface area contributed by atoms with Crippen LogP contribution in [0.2, 0.25) is 0 Å². The highest BCUT2D eigenvalue weighted by Crippen LogP contribution is 2.42. The summed E-state index contributed by atoms with van der Waals surface area (Å²) in [4.78, 5) is 16.4. The summed E-state index contributed by atoms with van der Waals surface area (Å²) in [5, 5.41) is 11.0. The molecule has 1 fully saturated rings. The second-order valence-electron chi connectivity index (χ2n) is 9.75. The van der Waals surface area contributed by atoms with E-state index in [0.29, 0.717) is 5.56 Å². The summed E-state index contributed by atoms with van der Waals surface area (Å²) in [6, 6.07) is 25.3. The van der Waals surface area contributed by atoms with Crippen molar-refractivity contribution >= 4 is 5.82 Å². The average molecular weight is 544 g/mol. The van der Waals surface area contributed by atoms with Gasteiger partial charge in [-0.2, -0.15) is 4.98 Å². The molecule has 1 aliphatic heterocycles. The smallest absolute Gasteiger partial charge is 0.351 e. The third kappa shape index (κ3) is 5.19. The normalized spacial score (nSPS) is 18.9. The van der Waals surface area contributed by atoms with Gasteiger partial charge in [-0.05, 0) is 47.9 Å². The van der Waals surface area contributed by atoms with Crippen LogP contribution in [-0.4, -0.2) is 47.7 Å². The monoisotopic (exact) mass is 543 g/mol. The molecule has 9 heteroatoms. The first kappa shape index (κ1) is 27.4.